The highest BCUT2D eigenvalue weighted by Crippen LogP contribution is 2.41. The van der Waals surface area contributed by atoms with Gasteiger partial charge in [-0.25, -0.2) is 13.1 Å². The Morgan fingerprint density at radius 2 is 1.91 bits per heavy atom. The Balaban J connectivity index is 2.87. The number of esters is 1. The standard InChI is InChI=1S/C22H24F3N2O4PS/c1-4-7-15(8-6-13-32)19-20(16-9-11-17(12-10-16)33(3,29)30)26-27(14-18(28)31-5-2)21(19)22(23,24)25/h4,6-12H,1,5,13-14,32H2,2-3H3/b8-6-,15-7+. The predicted octanol–water partition coefficient (Wildman–Crippen LogP) is 4.54. The van der Waals surface area contributed by atoms with E-state index in [4.69, 9.17) is 4.74 Å². The van der Waals surface area contributed by atoms with E-state index in [2.05, 4.69) is 20.9 Å². The highest BCUT2D eigenvalue weighted by atomic mass is 32.2. The lowest BCUT2D eigenvalue weighted by molar-refractivity contribution is -0.149. The SMILES string of the molecule is C=C/C=C(\C=C/CP)c1c(-c2ccc(S(C)(=O)=O)cc2)nn(CC(=O)OCC)c1C(F)(F)F. The van der Waals surface area contributed by atoms with Gasteiger partial charge in [0.05, 0.1) is 11.5 Å². The van der Waals surface area contributed by atoms with Crippen LogP contribution < -0.4 is 0 Å². The van der Waals surface area contributed by atoms with Gasteiger partial charge in [-0.05, 0) is 30.8 Å². The molecule has 1 unspecified atom stereocenters. The normalized spacial score (nSPS) is 12.8. The molecule has 0 aliphatic carbocycles. The van der Waals surface area contributed by atoms with Crippen LogP contribution >= 0.6 is 9.24 Å². The number of carbonyl (C=O) groups excluding carboxylic acids is 1. The lowest BCUT2D eigenvalue weighted by Crippen LogP contribution is -2.21. The molecule has 2 rings (SSSR count). The molecule has 0 spiro atoms. The fourth-order valence-electron chi connectivity index (χ4n) is 3.07. The van der Waals surface area contributed by atoms with Crippen molar-refractivity contribution < 1.29 is 31.1 Å². The summed E-state index contributed by atoms with van der Waals surface area (Å²) in [5.74, 6) is -0.870. The molecule has 1 atom stereocenters. The first-order valence-corrected chi connectivity index (χ1v) is 12.5. The minimum absolute atomic E-state index is 0.00659. The minimum Gasteiger partial charge on any atom is -0.465 e. The van der Waals surface area contributed by atoms with Crippen LogP contribution in [-0.2, 0) is 32.1 Å². The number of sulfone groups is 1. The fourth-order valence-corrected chi connectivity index (χ4v) is 3.84. The second-order valence-corrected chi connectivity index (χ2v) is 9.31. The number of benzene rings is 1. The van der Waals surface area contributed by atoms with Crippen LogP contribution in [0, 0.1) is 0 Å². The van der Waals surface area contributed by atoms with Gasteiger partial charge in [0.25, 0.3) is 0 Å². The molecule has 0 fully saturated rings. The number of hydrogen-bond acceptors (Lipinski definition) is 5. The van der Waals surface area contributed by atoms with Gasteiger partial charge in [-0.15, -0.1) is 9.24 Å². The van der Waals surface area contributed by atoms with Crippen LogP contribution in [0.4, 0.5) is 13.2 Å². The third-order valence-electron chi connectivity index (χ3n) is 4.38. The van der Waals surface area contributed by atoms with Crippen LogP contribution in [0.5, 0.6) is 0 Å². The maximum absolute atomic E-state index is 14.2. The van der Waals surface area contributed by atoms with E-state index >= 15 is 0 Å². The van der Waals surface area contributed by atoms with E-state index in [-0.39, 0.29) is 33.9 Å². The summed E-state index contributed by atoms with van der Waals surface area (Å²) in [7, 11) is -1.06. The monoisotopic (exact) mass is 500 g/mol. The molecule has 0 aliphatic rings. The van der Waals surface area contributed by atoms with E-state index in [1.807, 2.05) is 0 Å². The molecule has 0 saturated heterocycles. The largest absolute Gasteiger partial charge is 0.465 e. The summed E-state index contributed by atoms with van der Waals surface area (Å²) < 4.78 is 71.7. The second-order valence-electron chi connectivity index (χ2n) is 6.82. The van der Waals surface area contributed by atoms with Crippen LogP contribution in [0.3, 0.4) is 0 Å². The first-order chi connectivity index (χ1) is 15.4. The zero-order valence-electron chi connectivity index (χ0n) is 18.1. The number of aromatic nitrogens is 2. The third kappa shape index (κ3) is 6.65. The summed E-state index contributed by atoms with van der Waals surface area (Å²) >= 11 is 0. The molecule has 11 heteroatoms. The molecule has 6 nitrogen and oxygen atoms in total. The van der Waals surface area contributed by atoms with Crippen LogP contribution in [-0.4, -0.2) is 43.2 Å². The average molecular weight is 500 g/mol. The lowest BCUT2D eigenvalue weighted by atomic mass is 9.97. The molecule has 178 valence electrons. The highest BCUT2D eigenvalue weighted by Gasteiger charge is 2.41. The quantitative estimate of drug-likeness (QED) is 0.287. The molecule has 0 N–H and O–H groups in total. The smallest absolute Gasteiger partial charge is 0.433 e. The van der Waals surface area contributed by atoms with Crippen molar-refractivity contribution in [3.05, 3.63) is 66.4 Å². The Morgan fingerprint density at radius 1 is 1.27 bits per heavy atom. The molecule has 1 aromatic heterocycles. The highest BCUT2D eigenvalue weighted by molar-refractivity contribution is 7.90. The van der Waals surface area contributed by atoms with Crippen molar-refractivity contribution in [3.63, 3.8) is 0 Å². The van der Waals surface area contributed by atoms with Crippen LogP contribution in [0.25, 0.3) is 16.8 Å². The maximum Gasteiger partial charge on any atom is 0.433 e. The third-order valence-corrected chi connectivity index (χ3v) is 5.78. The summed E-state index contributed by atoms with van der Waals surface area (Å²) in [6.45, 7) is 4.39. The number of ether oxygens (including phenoxy) is 1. The predicted molar refractivity (Wildman–Crippen MR) is 124 cm³/mol. The fraction of sp³-hybridized carbons (Fsp3) is 0.273. The summed E-state index contributed by atoms with van der Waals surface area (Å²) in [6, 6.07) is 5.34. The van der Waals surface area contributed by atoms with E-state index in [1.165, 1.54) is 42.5 Å². The van der Waals surface area contributed by atoms with Crippen molar-refractivity contribution in [2.45, 2.75) is 24.5 Å². The van der Waals surface area contributed by atoms with Crippen LogP contribution in [0.15, 0.2) is 60.0 Å². The molecular weight excluding hydrogens is 476 g/mol. The molecule has 33 heavy (non-hydrogen) atoms. The maximum atomic E-state index is 14.2. The van der Waals surface area contributed by atoms with Crippen molar-refractivity contribution in [1.29, 1.82) is 0 Å². The number of nitrogens with zero attached hydrogens (tertiary/aromatic N) is 2. The number of rotatable bonds is 9. The Kier molecular flexibility index (Phi) is 8.80. The summed E-state index contributed by atoms with van der Waals surface area (Å²) in [5.41, 5.74) is -1.02. The molecule has 1 aromatic carbocycles. The van der Waals surface area contributed by atoms with Gasteiger partial charge in [0.2, 0.25) is 0 Å². The Hall–Kier alpha value is -2.71. The average Bonchev–Trinajstić information content (AvgIpc) is 3.10. The number of hydrogen-bond donors (Lipinski definition) is 0. The van der Waals surface area contributed by atoms with Crippen molar-refractivity contribution in [1.82, 2.24) is 9.78 Å². The van der Waals surface area contributed by atoms with Crippen LogP contribution in [0.2, 0.25) is 0 Å². The minimum atomic E-state index is -4.85. The van der Waals surface area contributed by atoms with E-state index in [9.17, 15) is 26.4 Å². The van der Waals surface area contributed by atoms with Gasteiger partial charge < -0.3 is 4.74 Å². The van der Waals surface area contributed by atoms with E-state index < -0.39 is 34.2 Å². The van der Waals surface area contributed by atoms with Gasteiger partial charge in [0.15, 0.2) is 15.5 Å². The number of carbonyl (C=O) groups is 1. The second kappa shape index (κ2) is 10.9. The summed E-state index contributed by atoms with van der Waals surface area (Å²) in [6.07, 6.45) is 2.58. The van der Waals surface area contributed by atoms with Crippen LogP contribution in [0.1, 0.15) is 18.2 Å². The molecule has 0 saturated carbocycles. The molecule has 0 aliphatic heterocycles. The van der Waals surface area contributed by atoms with Gasteiger partial charge in [0.1, 0.15) is 12.2 Å². The number of halogens is 3. The summed E-state index contributed by atoms with van der Waals surface area (Å²) in [4.78, 5) is 12.0. The van der Waals surface area contributed by atoms with Crippen molar-refractivity contribution in [3.8, 4) is 11.3 Å². The van der Waals surface area contributed by atoms with Gasteiger partial charge in [0, 0.05) is 17.4 Å². The molecular formula is C22H24F3N2O4PS. The Bertz CT molecular complexity index is 1180. The van der Waals surface area contributed by atoms with Crippen molar-refractivity contribution in [2.24, 2.45) is 0 Å². The Morgan fingerprint density at radius 3 is 2.39 bits per heavy atom. The van der Waals surface area contributed by atoms with Crippen molar-refractivity contribution >= 4 is 30.6 Å². The lowest BCUT2D eigenvalue weighted by Gasteiger charge is -2.13. The number of allylic oxidation sites excluding steroid dienone is 5. The van der Waals surface area contributed by atoms with E-state index in [1.54, 1.807) is 13.0 Å². The molecule has 2 aromatic rings. The summed E-state index contributed by atoms with van der Waals surface area (Å²) in [5, 5.41) is 4.10. The van der Waals surface area contributed by atoms with Gasteiger partial charge >= 0.3 is 12.1 Å². The zero-order chi connectivity index (χ0) is 24.8. The van der Waals surface area contributed by atoms with Crippen molar-refractivity contribution in [2.75, 3.05) is 19.0 Å². The molecule has 0 radical (unpaired) electrons. The first kappa shape index (κ1) is 26.5. The number of alkyl halides is 3. The Labute approximate surface area is 192 Å². The molecule has 1 heterocycles. The van der Waals surface area contributed by atoms with Gasteiger partial charge in [-0.2, -0.15) is 18.3 Å². The zero-order valence-corrected chi connectivity index (χ0v) is 20.1. The van der Waals surface area contributed by atoms with Gasteiger partial charge in [-0.3, -0.25) is 4.79 Å². The molecule has 0 bridgehead atoms. The van der Waals surface area contributed by atoms with Gasteiger partial charge in [-0.1, -0.05) is 43.0 Å². The van der Waals surface area contributed by atoms with E-state index in [0.717, 1.165) is 6.26 Å². The van der Waals surface area contributed by atoms with E-state index in [0.29, 0.717) is 10.8 Å². The molecule has 0 amide bonds. The topological polar surface area (TPSA) is 78.3 Å². The first-order valence-electron chi connectivity index (χ1n) is 9.77.